The van der Waals surface area contributed by atoms with Crippen LogP contribution in [0.25, 0.3) is 0 Å². The highest BCUT2D eigenvalue weighted by Crippen LogP contribution is 2.21. The number of hydrogen-bond acceptors (Lipinski definition) is 4. The Hall–Kier alpha value is -1.31. The molecule has 108 valence electrons. The summed E-state index contributed by atoms with van der Waals surface area (Å²) in [6.45, 7) is 2.24. The van der Waals surface area contributed by atoms with Crippen LogP contribution in [0.4, 0.5) is 5.69 Å². The number of sulfonamides is 1. The molecule has 0 atom stereocenters. The lowest BCUT2D eigenvalue weighted by atomic mass is 10.2. The summed E-state index contributed by atoms with van der Waals surface area (Å²) in [6, 6.07) is 8.87. The molecular formula is C13H15BrN2O3S. The molecule has 7 heteroatoms. The SMILES string of the molecule is CNS(=O)(=O)c1cc(NCc2ccc(Br)o2)ccc1C. The predicted molar refractivity (Wildman–Crippen MR) is 81.2 cm³/mol. The molecule has 0 radical (unpaired) electrons. The fourth-order valence-corrected chi connectivity index (χ4v) is 3.08. The van der Waals surface area contributed by atoms with Gasteiger partial charge in [0.05, 0.1) is 11.4 Å². The molecule has 1 heterocycles. The average molecular weight is 359 g/mol. The van der Waals surface area contributed by atoms with Crippen LogP contribution in [0, 0.1) is 6.92 Å². The van der Waals surface area contributed by atoms with Gasteiger partial charge in [0.15, 0.2) is 4.67 Å². The molecule has 0 fully saturated rings. The van der Waals surface area contributed by atoms with Gasteiger partial charge in [-0.3, -0.25) is 0 Å². The van der Waals surface area contributed by atoms with Crippen molar-refractivity contribution >= 4 is 31.6 Å². The molecule has 0 bridgehead atoms. The van der Waals surface area contributed by atoms with E-state index in [1.807, 2.05) is 18.2 Å². The van der Waals surface area contributed by atoms with Gasteiger partial charge in [-0.15, -0.1) is 0 Å². The lowest BCUT2D eigenvalue weighted by Crippen LogP contribution is -2.19. The third-order valence-electron chi connectivity index (χ3n) is 2.84. The van der Waals surface area contributed by atoms with E-state index >= 15 is 0 Å². The van der Waals surface area contributed by atoms with Gasteiger partial charge in [-0.2, -0.15) is 0 Å². The van der Waals surface area contributed by atoms with Crippen LogP contribution < -0.4 is 10.0 Å². The zero-order chi connectivity index (χ0) is 14.8. The maximum Gasteiger partial charge on any atom is 0.240 e. The second-order valence-electron chi connectivity index (χ2n) is 4.25. The van der Waals surface area contributed by atoms with Crippen LogP contribution in [0.15, 0.2) is 44.3 Å². The zero-order valence-electron chi connectivity index (χ0n) is 11.1. The number of rotatable bonds is 5. The first kappa shape index (κ1) is 15.1. The lowest BCUT2D eigenvalue weighted by Gasteiger charge is -2.10. The van der Waals surface area contributed by atoms with E-state index in [1.54, 1.807) is 19.1 Å². The highest BCUT2D eigenvalue weighted by Gasteiger charge is 2.15. The molecule has 0 aliphatic heterocycles. The second kappa shape index (κ2) is 5.99. The van der Waals surface area contributed by atoms with Gasteiger partial charge in [-0.1, -0.05) is 6.07 Å². The fourth-order valence-electron chi connectivity index (χ4n) is 1.75. The third kappa shape index (κ3) is 3.41. The standard InChI is InChI=1S/C13H15BrN2O3S/c1-9-3-4-10(7-12(9)20(17,18)15-2)16-8-11-5-6-13(14)19-11/h3-7,15-16H,8H2,1-2H3. The lowest BCUT2D eigenvalue weighted by molar-refractivity contribution is 0.495. The van der Waals surface area contributed by atoms with Crippen LogP contribution in [0.5, 0.6) is 0 Å². The van der Waals surface area contributed by atoms with Crippen molar-refractivity contribution in [3.8, 4) is 0 Å². The van der Waals surface area contributed by atoms with E-state index in [2.05, 4.69) is 26.0 Å². The van der Waals surface area contributed by atoms with E-state index in [0.717, 1.165) is 11.4 Å². The number of benzene rings is 1. The molecule has 20 heavy (non-hydrogen) atoms. The van der Waals surface area contributed by atoms with Gasteiger partial charge < -0.3 is 9.73 Å². The number of anilines is 1. The summed E-state index contributed by atoms with van der Waals surface area (Å²) in [5, 5.41) is 3.13. The predicted octanol–water partition coefficient (Wildman–Crippen LogP) is 2.87. The van der Waals surface area contributed by atoms with E-state index in [1.165, 1.54) is 7.05 Å². The molecule has 2 aromatic rings. The summed E-state index contributed by atoms with van der Waals surface area (Å²) in [4.78, 5) is 0.269. The maximum absolute atomic E-state index is 11.9. The molecule has 1 aromatic carbocycles. The van der Waals surface area contributed by atoms with Crippen LogP contribution in [-0.4, -0.2) is 15.5 Å². The molecule has 0 aliphatic carbocycles. The van der Waals surface area contributed by atoms with Gasteiger partial charge in [0.1, 0.15) is 5.76 Å². The first-order chi connectivity index (χ1) is 9.42. The Kier molecular flexibility index (Phi) is 4.52. The van der Waals surface area contributed by atoms with Gasteiger partial charge in [-0.05, 0) is 59.7 Å². The topological polar surface area (TPSA) is 71.3 Å². The van der Waals surface area contributed by atoms with Crippen LogP contribution in [-0.2, 0) is 16.6 Å². The number of furan rings is 1. The molecule has 0 saturated carbocycles. The molecule has 0 spiro atoms. The molecule has 0 unspecified atom stereocenters. The van der Waals surface area contributed by atoms with Crippen LogP contribution in [0.1, 0.15) is 11.3 Å². The van der Waals surface area contributed by atoms with Crippen molar-refractivity contribution in [1.29, 1.82) is 0 Å². The molecule has 0 amide bonds. The highest BCUT2D eigenvalue weighted by atomic mass is 79.9. The first-order valence-electron chi connectivity index (χ1n) is 5.94. The molecule has 2 rings (SSSR count). The zero-order valence-corrected chi connectivity index (χ0v) is 13.5. The summed E-state index contributed by atoms with van der Waals surface area (Å²) in [5.74, 6) is 0.760. The molecular weight excluding hydrogens is 344 g/mol. The fraction of sp³-hybridized carbons (Fsp3) is 0.231. The largest absolute Gasteiger partial charge is 0.452 e. The Bertz CT molecular complexity index is 710. The average Bonchev–Trinajstić information content (AvgIpc) is 2.83. The van der Waals surface area contributed by atoms with E-state index in [4.69, 9.17) is 4.42 Å². The Morgan fingerprint density at radius 2 is 2.00 bits per heavy atom. The third-order valence-corrected chi connectivity index (χ3v) is 4.82. The Morgan fingerprint density at radius 3 is 2.60 bits per heavy atom. The van der Waals surface area contributed by atoms with E-state index in [9.17, 15) is 8.42 Å². The van der Waals surface area contributed by atoms with Crippen molar-refractivity contribution in [2.45, 2.75) is 18.4 Å². The Balaban J connectivity index is 2.19. The molecule has 1 aromatic heterocycles. The smallest absolute Gasteiger partial charge is 0.240 e. The van der Waals surface area contributed by atoms with Crippen molar-refractivity contribution in [3.63, 3.8) is 0 Å². The molecule has 5 nitrogen and oxygen atoms in total. The summed E-state index contributed by atoms with van der Waals surface area (Å²) in [5.41, 5.74) is 1.42. The highest BCUT2D eigenvalue weighted by molar-refractivity contribution is 9.10. The number of halogens is 1. The minimum absolute atomic E-state index is 0.269. The van der Waals surface area contributed by atoms with Crippen molar-refractivity contribution in [2.75, 3.05) is 12.4 Å². The monoisotopic (exact) mass is 358 g/mol. The summed E-state index contributed by atoms with van der Waals surface area (Å²) in [6.07, 6.45) is 0. The second-order valence-corrected chi connectivity index (χ2v) is 6.88. The van der Waals surface area contributed by atoms with E-state index in [-0.39, 0.29) is 4.90 Å². The minimum Gasteiger partial charge on any atom is -0.452 e. The Morgan fingerprint density at radius 1 is 1.25 bits per heavy atom. The van der Waals surface area contributed by atoms with Gasteiger partial charge >= 0.3 is 0 Å². The maximum atomic E-state index is 11.9. The van der Waals surface area contributed by atoms with Crippen LogP contribution in [0.3, 0.4) is 0 Å². The normalized spacial score (nSPS) is 11.6. The van der Waals surface area contributed by atoms with E-state index < -0.39 is 10.0 Å². The number of aryl methyl sites for hydroxylation is 1. The quantitative estimate of drug-likeness (QED) is 0.861. The molecule has 0 aliphatic rings. The van der Waals surface area contributed by atoms with Gasteiger partial charge in [0.2, 0.25) is 10.0 Å². The van der Waals surface area contributed by atoms with Gasteiger partial charge in [0.25, 0.3) is 0 Å². The number of hydrogen-bond donors (Lipinski definition) is 2. The first-order valence-corrected chi connectivity index (χ1v) is 8.22. The summed E-state index contributed by atoms with van der Waals surface area (Å²) < 4.78 is 32.1. The minimum atomic E-state index is -3.45. The van der Waals surface area contributed by atoms with Crippen LogP contribution in [0.2, 0.25) is 0 Å². The Labute approximate surface area is 126 Å². The van der Waals surface area contributed by atoms with E-state index in [0.29, 0.717) is 16.8 Å². The summed E-state index contributed by atoms with van der Waals surface area (Å²) >= 11 is 3.23. The number of nitrogens with one attached hydrogen (secondary N) is 2. The van der Waals surface area contributed by atoms with Crippen LogP contribution >= 0.6 is 15.9 Å². The van der Waals surface area contributed by atoms with Crippen molar-refractivity contribution in [1.82, 2.24) is 4.72 Å². The van der Waals surface area contributed by atoms with Crippen molar-refractivity contribution < 1.29 is 12.8 Å². The van der Waals surface area contributed by atoms with Crippen molar-refractivity contribution in [2.24, 2.45) is 0 Å². The van der Waals surface area contributed by atoms with Crippen molar-refractivity contribution in [3.05, 3.63) is 46.3 Å². The summed E-state index contributed by atoms with van der Waals surface area (Å²) in [7, 11) is -2.05. The molecule has 2 N–H and O–H groups in total. The molecule has 0 saturated heterocycles. The van der Waals surface area contributed by atoms with Gasteiger partial charge in [-0.25, -0.2) is 13.1 Å². The van der Waals surface area contributed by atoms with Gasteiger partial charge in [0, 0.05) is 5.69 Å².